The Labute approximate surface area is 200 Å². The van der Waals surface area contributed by atoms with Crippen LogP contribution in [-0.4, -0.2) is 49.3 Å². The number of aromatic hydroxyl groups is 1. The van der Waals surface area contributed by atoms with E-state index in [2.05, 4.69) is 25.7 Å². The molecular formula is C24H22N6O3S. The number of ether oxygens (including phenoxy) is 1. The third-order valence-electron chi connectivity index (χ3n) is 4.59. The molecule has 0 aliphatic carbocycles. The number of amides is 1. The summed E-state index contributed by atoms with van der Waals surface area (Å²) < 4.78 is 7.42. The summed E-state index contributed by atoms with van der Waals surface area (Å²) in [4.78, 5) is 16.5. The molecule has 0 unspecified atom stereocenters. The van der Waals surface area contributed by atoms with Crippen LogP contribution in [0.2, 0.25) is 0 Å². The lowest BCUT2D eigenvalue weighted by molar-refractivity contribution is -0.118. The van der Waals surface area contributed by atoms with Gasteiger partial charge in [-0.25, -0.2) is 5.43 Å². The highest BCUT2D eigenvalue weighted by molar-refractivity contribution is 7.99. The normalized spacial score (nSPS) is 11.0. The first-order valence-corrected chi connectivity index (χ1v) is 11.5. The van der Waals surface area contributed by atoms with Crippen molar-refractivity contribution in [3.05, 3.63) is 78.6 Å². The number of nitrogens with one attached hydrogen (secondary N) is 1. The van der Waals surface area contributed by atoms with E-state index < -0.39 is 0 Å². The zero-order valence-corrected chi connectivity index (χ0v) is 19.1. The number of carbonyl (C=O) groups is 1. The zero-order chi connectivity index (χ0) is 23.8. The molecule has 10 heteroatoms. The van der Waals surface area contributed by atoms with Crippen LogP contribution in [0.25, 0.3) is 17.1 Å². The molecule has 2 heterocycles. The number of nitrogens with zero attached hydrogens (tertiary/aromatic N) is 5. The molecule has 0 aliphatic heterocycles. The van der Waals surface area contributed by atoms with E-state index >= 15 is 0 Å². The van der Waals surface area contributed by atoms with Crippen molar-refractivity contribution in [3.8, 4) is 28.6 Å². The van der Waals surface area contributed by atoms with Gasteiger partial charge in [-0.2, -0.15) is 5.10 Å². The molecule has 4 rings (SSSR count). The molecule has 2 aromatic carbocycles. The summed E-state index contributed by atoms with van der Waals surface area (Å²) in [6, 6.07) is 17.8. The van der Waals surface area contributed by atoms with Gasteiger partial charge < -0.3 is 9.84 Å². The van der Waals surface area contributed by atoms with Gasteiger partial charge in [0.1, 0.15) is 11.5 Å². The molecule has 4 aromatic rings. The van der Waals surface area contributed by atoms with Crippen molar-refractivity contribution in [2.24, 2.45) is 5.10 Å². The molecule has 0 saturated carbocycles. The molecule has 2 aromatic heterocycles. The molecule has 2 N–H and O–H groups in total. The Kier molecular flexibility index (Phi) is 7.51. The first-order valence-electron chi connectivity index (χ1n) is 10.5. The monoisotopic (exact) mass is 474 g/mol. The van der Waals surface area contributed by atoms with Crippen molar-refractivity contribution in [2.75, 3.05) is 12.4 Å². The van der Waals surface area contributed by atoms with E-state index in [0.29, 0.717) is 17.6 Å². The maximum atomic E-state index is 12.3. The summed E-state index contributed by atoms with van der Waals surface area (Å²) in [5.74, 6) is 1.35. The average molecular weight is 475 g/mol. The van der Waals surface area contributed by atoms with E-state index in [-0.39, 0.29) is 17.4 Å². The van der Waals surface area contributed by atoms with Crippen molar-refractivity contribution >= 4 is 23.9 Å². The zero-order valence-electron chi connectivity index (χ0n) is 18.3. The number of benzene rings is 2. The van der Waals surface area contributed by atoms with Gasteiger partial charge in [-0.05, 0) is 73.2 Å². The molecule has 0 aliphatic rings. The van der Waals surface area contributed by atoms with Crippen molar-refractivity contribution in [1.29, 1.82) is 0 Å². The fourth-order valence-electron chi connectivity index (χ4n) is 3.04. The standard InChI is InChI=1S/C24H22N6O3S/c1-2-33-21-11-7-19(8-12-21)30-23(18-4-3-13-25-15-18)28-29-24(30)34-16-22(32)27-26-14-17-5-9-20(31)10-6-17/h3-15,31H,2,16H2,1H3,(H,27,32)/b26-14+. The highest BCUT2D eigenvalue weighted by atomic mass is 32.2. The van der Waals surface area contributed by atoms with E-state index in [0.717, 1.165) is 22.6 Å². The van der Waals surface area contributed by atoms with Gasteiger partial charge >= 0.3 is 0 Å². The van der Waals surface area contributed by atoms with Gasteiger partial charge in [0.2, 0.25) is 0 Å². The predicted molar refractivity (Wildman–Crippen MR) is 130 cm³/mol. The van der Waals surface area contributed by atoms with Gasteiger partial charge in [0.05, 0.1) is 18.6 Å². The smallest absolute Gasteiger partial charge is 0.250 e. The highest BCUT2D eigenvalue weighted by Gasteiger charge is 2.17. The fraction of sp³-hybridized carbons (Fsp3) is 0.125. The largest absolute Gasteiger partial charge is 0.508 e. The Bertz CT molecular complexity index is 1260. The Balaban J connectivity index is 1.50. The van der Waals surface area contributed by atoms with Gasteiger partial charge in [0.25, 0.3) is 5.91 Å². The lowest BCUT2D eigenvalue weighted by Crippen LogP contribution is -2.20. The van der Waals surface area contributed by atoms with Crippen molar-refractivity contribution in [1.82, 2.24) is 25.2 Å². The number of hydrazone groups is 1. The summed E-state index contributed by atoms with van der Waals surface area (Å²) in [7, 11) is 0. The van der Waals surface area contributed by atoms with Crippen molar-refractivity contribution in [3.63, 3.8) is 0 Å². The van der Waals surface area contributed by atoms with Crippen LogP contribution >= 0.6 is 11.8 Å². The minimum Gasteiger partial charge on any atom is -0.508 e. The summed E-state index contributed by atoms with van der Waals surface area (Å²) >= 11 is 1.25. The van der Waals surface area contributed by atoms with Crippen LogP contribution in [0, 0.1) is 0 Å². The molecule has 0 spiro atoms. The number of hydrogen-bond acceptors (Lipinski definition) is 8. The number of thioether (sulfide) groups is 1. The first-order chi connectivity index (χ1) is 16.6. The van der Waals surface area contributed by atoms with Gasteiger partial charge in [-0.1, -0.05) is 11.8 Å². The second kappa shape index (κ2) is 11.1. The SMILES string of the molecule is CCOc1ccc(-n2c(SCC(=O)N/N=C/c3ccc(O)cc3)nnc2-c2cccnc2)cc1. The number of hydrogen-bond donors (Lipinski definition) is 2. The van der Waals surface area contributed by atoms with Crippen LogP contribution in [0.3, 0.4) is 0 Å². The Hall–Kier alpha value is -4.18. The van der Waals surface area contributed by atoms with Crippen molar-refractivity contribution in [2.45, 2.75) is 12.1 Å². The molecule has 0 saturated heterocycles. The molecule has 172 valence electrons. The fourth-order valence-corrected chi connectivity index (χ4v) is 3.78. The van der Waals surface area contributed by atoms with Gasteiger partial charge in [0, 0.05) is 23.6 Å². The second-order valence-electron chi connectivity index (χ2n) is 6.98. The topological polar surface area (TPSA) is 115 Å². The summed E-state index contributed by atoms with van der Waals surface area (Å²) in [5.41, 5.74) is 4.89. The van der Waals surface area contributed by atoms with E-state index in [1.54, 1.807) is 36.7 Å². The van der Waals surface area contributed by atoms with E-state index in [4.69, 9.17) is 4.74 Å². The van der Waals surface area contributed by atoms with Gasteiger partial charge in [-0.15, -0.1) is 10.2 Å². The van der Waals surface area contributed by atoms with Crippen LogP contribution in [-0.2, 0) is 4.79 Å². The third kappa shape index (κ3) is 5.78. The highest BCUT2D eigenvalue weighted by Crippen LogP contribution is 2.28. The van der Waals surface area contributed by atoms with Crippen LogP contribution in [0.15, 0.2) is 83.3 Å². The number of rotatable bonds is 9. The van der Waals surface area contributed by atoms with Crippen LogP contribution in [0.1, 0.15) is 12.5 Å². The molecule has 1 amide bonds. The molecule has 0 bridgehead atoms. The number of phenolic OH excluding ortho intramolecular Hbond substituents is 1. The van der Waals surface area contributed by atoms with Crippen molar-refractivity contribution < 1.29 is 14.6 Å². The summed E-state index contributed by atoms with van der Waals surface area (Å²) in [6.45, 7) is 2.51. The number of aromatic nitrogens is 4. The van der Waals surface area contributed by atoms with Crippen LogP contribution in [0.4, 0.5) is 0 Å². The summed E-state index contributed by atoms with van der Waals surface area (Å²) in [6.07, 6.45) is 4.92. The average Bonchev–Trinajstić information content (AvgIpc) is 3.29. The predicted octanol–water partition coefficient (Wildman–Crippen LogP) is 3.68. The van der Waals surface area contributed by atoms with E-state index in [1.807, 2.05) is 47.9 Å². The molecule has 9 nitrogen and oxygen atoms in total. The van der Waals surface area contributed by atoms with Crippen LogP contribution < -0.4 is 10.2 Å². The maximum Gasteiger partial charge on any atom is 0.250 e. The summed E-state index contributed by atoms with van der Waals surface area (Å²) in [5, 5.41) is 22.5. The third-order valence-corrected chi connectivity index (χ3v) is 5.52. The lowest BCUT2D eigenvalue weighted by atomic mass is 10.2. The number of carbonyl (C=O) groups excluding carboxylic acids is 1. The molecule has 0 atom stereocenters. The van der Waals surface area contributed by atoms with E-state index in [1.165, 1.54) is 18.0 Å². The number of pyridine rings is 1. The molecule has 34 heavy (non-hydrogen) atoms. The quantitative estimate of drug-likeness (QED) is 0.216. The van der Waals surface area contributed by atoms with Gasteiger partial charge in [-0.3, -0.25) is 14.3 Å². The van der Waals surface area contributed by atoms with E-state index in [9.17, 15) is 9.90 Å². The Morgan fingerprint density at radius 1 is 1.15 bits per heavy atom. The maximum absolute atomic E-state index is 12.3. The minimum atomic E-state index is -0.288. The first kappa shape index (κ1) is 23.0. The second-order valence-corrected chi connectivity index (χ2v) is 7.93. The molecule has 0 fully saturated rings. The number of phenols is 1. The van der Waals surface area contributed by atoms with Gasteiger partial charge in [0.15, 0.2) is 11.0 Å². The lowest BCUT2D eigenvalue weighted by Gasteiger charge is -2.11. The Morgan fingerprint density at radius 3 is 2.65 bits per heavy atom. The Morgan fingerprint density at radius 2 is 1.94 bits per heavy atom. The molecule has 0 radical (unpaired) electrons. The minimum absolute atomic E-state index is 0.0924. The molecular weight excluding hydrogens is 452 g/mol. The van der Waals surface area contributed by atoms with Crippen LogP contribution in [0.5, 0.6) is 11.5 Å².